The van der Waals surface area contributed by atoms with E-state index in [1.807, 2.05) is 20.8 Å². The Labute approximate surface area is 115 Å². The standard InChI is InChI=1S/C15H26O4/c1-5-17-13(16)9-11-7-6-8-12-14(11)10(2)18-15(3,4)19-12/h10-12,14H,5-9H2,1-4H3/t10-,11+,12-,14+/m0/s1. The van der Waals surface area contributed by atoms with Gasteiger partial charge in [-0.15, -0.1) is 0 Å². The molecule has 0 radical (unpaired) electrons. The van der Waals surface area contributed by atoms with Gasteiger partial charge in [-0.2, -0.15) is 0 Å². The summed E-state index contributed by atoms with van der Waals surface area (Å²) in [5, 5.41) is 0. The second kappa shape index (κ2) is 5.80. The number of hydrogen-bond donors (Lipinski definition) is 0. The summed E-state index contributed by atoms with van der Waals surface area (Å²) in [6.45, 7) is 8.34. The molecule has 1 aliphatic heterocycles. The zero-order valence-corrected chi connectivity index (χ0v) is 12.5. The number of carbonyl (C=O) groups excluding carboxylic acids is 1. The average Bonchev–Trinajstić information content (AvgIpc) is 2.26. The summed E-state index contributed by atoms with van der Waals surface area (Å²) in [6.07, 6.45) is 4.10. The lowest BCUT2D eigenvalue weighted by molar-refractivity contribution is -0.329. The topological polar surface area (TPSA) is 44.8 Å². The third-order valence-corrected chi connectivity index (χ3v) is 4.22. The van der Waals surface area contributed by atoms with Gasteiger partial charge in [-0.3, -0.25) is 4.79 Å². The molecular weight excluding hydrogens is 244 g/mol. The van der Waals surface area contributed by atoms with Crippen LogP contribution in [0.1, 0.15) is 53.4 Å². The van der Waals surface area contributed by atoms with Gasteiger partial charge in [0.25, 0.3) is 0 Å². The Morgan fingerprint density at radius 2 is 2.05 bits per heavy atom. The normalized spacial score (nSPS) is 37.5. The van der Waals surface area contributed by atoms with Gasteiger partial charge in [-0.25, -0.2) is 0 Å². The van der Waals surface area contributed by atoms with Crippen molar-refractivity contribution in [2.24, 2.45) is 11.8 Å². The van der Waals surface area contributed by atoms with Gasteiger partial charge in [-0.1, -0.05) is 6.42 Å². The molecule has 0 bridgehead atoms. The lowest BCUT2D eigenvalue weighted by Gasteiger charge is -2.50. The van der Waals surface area contributed by atoms with E-state index < -0.39 is 5.79 Å². The van der Waals surface area contributed by atoms with Crippen LogP contribution in [-0.4, -0.2) is 30.6 Å². The van der Waals surface area contributed by atoms with Crippen molar-refractivity contribution in [3.8, 4) is 0 Å². The molecule has 110 valence electrons. The zero-order valence-electron chi connectivity index (χ0n) is 12.5. The van der Waals surface area contributed by atoms with Gasteiger partial charge in [0.2, 0.25) is 0 Å². The second-order valence-electron chi connectivity index (χ2n) is 6.16. The Morgan fingerprint density at radius 3 is 2.74 bits per heavy atom. The molecule has 0 unspecified atom stereocenters. The van der Waals surface area contributed by atoms with Crippen molar-refractivity contribution in [2.45, 2.75) is 71.4 Å². The molecule has 0 spiro atoms. The van der Waals surface area contributed by atoms with Gasteiger partial charge in [0.1, 0.15) is 0 Å². The maximum Gasteiger partial charge on any atom is 0.306 e. The molecule has 0 N–H and O–H groups in total. The highest BCUT2D eigenvalue weighted by Crippen LogP contribution is 2.43. The first-order valence-electron chi connectivity index (χ1n) is 7.44. The summed E-state index contributed by atoms with van der Waals surface area (Å²) in [7, 11) is 0. The fourth-order valence-electron chi connectivity index (χ4n) is 3.68. The Hall–Kier alpha value is -0.610. The zero-order chi connectivity index (χ0) is 14.0. The third-order valence-electron chi connectivity index (χ3n) is 4.22. The first kappa shape index (κ1) is 14.8. The summed E-state index contributed by atoms with van der Waals surface area (Å²) in [5.41, 5.74) is 0. The highest BCUT2D eigenvalue weighted by atomic mass is 16.7. The third kappa shape index (κ3) is 3.48. The first-order chi connectivity index (χ1) is 8.93. The molecule has 4 heteroatoms. The Bertz CT molecular complexity index is 326. The smallest absolute Gasteiger partial charge is 0.306 e. The van der Waals surface area contributed by atoms with Crippen LogP contribution in [0.4, 0.5) is 0 Å². The number of fused-ring (bicyclic) bond motifs is 1. The molecule has 1 heterocycles. The molecule has 2 aliphatic rings. The van der Waals surface area contributed by atoms with Crippen molar-refractivity contribution in [1.82, 2.24) is 0 Å². The second-order valence-corrected chi connectivity index (χ2v) is 6.16. The van der Waals surface area contributed by atoms with Crippen LogP contribution in [0.2, 0.25) is 0 Å². The molecule has 0 aromatic heterocycles. The van der Waals surface area contributed by atoms with E-state index >= 15 is 0 Å². The van der Waals surface area contributed by atoms with E-state index in [4.69, 9.17) is 14.2 Å². The molecule has 19 heavy (non-hydrogen) atoms. The van der Waals surface area contributed by atoms with Crippen LogP contribution in [0.3, 0.4) is 0 Å². The fourth-order valence-corrected chi connectivity index (χ4v) is 3.68. The summed E-state index contributed by atoms with van der Waals surface area (Å²) in [4.78, 5) is 11.7. The molecule has 0 aromatic rings. The van der Waals surface area contributed by atoms with Gasteiger partial charge in [0.05, 0.1) is 18.8 Å². The molecule has 4 nitrogen and oxygen atoms in total. The lowest BCUT2D eigenvalue weighted by Crippen LogP contribution is -2.54. The van der Waals surface area contributed by atoms with E-state index in [-0.39, 0.29) is 18.2 Å². The van der Waals surface area contributed by atoms with E-state index in [0.29, 0.717) is 24.9 Å². The summed E-state index contributed by atoms with van der Waals surface area (Å²) >= 11 is 0. The van der Waals surface area contributed by atoms with Crippen molar-refractivity contribution in [2.75, 3.05) is 6.61 Å². The van der Waals surface area contributed by atoms with Gasteiger partial charge in [0, 0.05) is 12.3 Å². The minimum absolute atomic E-state index is 0.0924. The predicted molar refractivity (Wildman–Crippen MR) is 71.6 cm³/mol. The van der Waals surface area contributed by atoms with Crippen LogP contribution < -0.4 is 0 Å². The van der Waals surface area contributed by atoms with Crippen LogP contribution in [-0.2, 0) is 19.0 Å². The van der Waals surface area contributed by atoms with Gasteiger partial charge < -0.3 is 14.2 Å². The molecule has 2 fully saturated rings. The molecule has 0 aromatic carbocycles. The van der Waals surface area contributed by atoms with Crippen LogP contribution >= 0.6 is 0 Å². The molecular formula is C15H26O4. The number of carbonyl (C=O) groups is 1. The first-order valence-corrected chi connectivity index (χ1v) is 7.44. The Balaban J connectivity index is 2.04. The van der Waals surface area contributed by atoms with Crippen molar-refractivity contribution in [3.63, 3.8) is 0 Å². The maximum atomic E-state index is 11.7. The molecule has 1 saturated carbocycles. The Kier molecular flexibility index (Phi) is 4.51. The maximum absolute atomic E-state index is 11.7. The van der Waals surface area contributed by atoms with Crippen LogP contribution in [0.5, 0.6) is 0 Å². The minimum Gasteiger partial charge on any atom is -0.466 e. The quantitative estimate of drug-likeness (QED) is 0.740. The fraction of sp³-hybridized carbons (Fsp3) is 0.933. The largest absolute Gasteiger partial charge is 0.466 e. The molecule has 1 saturated heterocycles. The summed E-state index contributed by atoms with van der Waals surface area (Å²) in [5.74, 6) is 0.0344. The summed E-state index contributed by atoms with van der Waals surface area (Å²) in [6, 6.07) is 0. The van der Waals surface area contributed by atoms with Crippen molar-refractivity contribution >= 4 is 5.97 Å². The Morgan fingerprint density at radius 1 is 1.32 bits per heavy atom. The van der Waals surface area contributed by atoms with Gasteiger partial charge >= 0.3 is 5.97 Å². The molecule has 4 atom stereocenters. The van der Waals surface area contributed by atoms with Crippen molar-refractivity contribution < 1.29 is 19.0 Å². The average molecular weight is 270 g/mol. The predicted octanol–water partition coefficient (Wildman–Crippen LogP) is 2.90. The van der Waals surface area contributed by atoms with E-state index in [9.17, 15) is 4.79 Å². The van der Waals surface area contributed by atoms with Crippen LogP contribution in [0.25, 0.3) is 0 Å². The van der Waals surface area contributed by atoms with E-state index in [2.05, 4.69) is 6.92 Å². The highest BCUT2D eigenvalue weighted by Gasteiger charge is 2.46. The van der Waals surface area contributed by atoms with Gasteiger partial charge in [0.15, 0.2) is 5.79 Å². The minimum atomic E-state index is -0.508. The van der Waals surface area contributed by atoms with Crippen molar-refractivity contribution in [1.29, 1.82) is 0 Å². The number of esters is 1. The molecule has 2 rings (SSSR count). The van der Waals surface area contributed by atoms with E-state index in [1.54, 1.807) is 0 Å². The molecule has 1 aliphatic carbocycles. The highest BCUT2D eigenvalue weighted by molar-refractivity contribution is 5.69. The molecule has 0 amide bonds. The SMILES string of the molecule is CCOC(=O)C[C@H]1CCC[C@@H]2OC(C)(C)O[C@@H](C)[C@H]12. The lowest BCUT2D eigenvalue weighted by atomic mass is 9.72. The monoisotopic (exact) mass is 270 g/mol. The summed E-state index contributed by atoms with van der Waals surface area (Å²) < 4.78 is 17.1. The number of ether oxygens (including phenoxy) is 3. The number of hydrogen-bond acceptors (Lipinski definition) is 4. The van der Waals surface area contributed by atoms with Gasteiger partial charge in [-0.05, 0) is 46.5 Å². The van der Waals surface area contributed by atoms with E-state index in [1.165, 1.54) is 0 Å². The van der Waals surface area contributed by atoms with E-state index in [0.717, 1.165) is 19.3 Å². The van der Waals surface area contributed by atoms with Crippen LogP contribution in [0, 0.1) is 11.8 Å². The van der Waals surface area contributed by atoms with Crippen LogP contribution in [0.15, 0.2) is 0 Å². The number of rotatable bonds is 3. The van der Waals surface area contributed by atoms with Crippen molar-refractivity contribution in [3.05, 3.63) is 0 Å².